The summed E-state index contributed by atoms with van der Waals surface area (Å²) in [6.07, 6.45) is 5.08. The minimum Gasteiger partial charge on any atom is -0.371 e. The second-order valence-electron chi connectivity index (χ2n) is 10.3. The summed E-state index contributed by atoms with van der Waals surface area (Å²) in [5.74, 6) is 0.554. The molecule has 2 fully saturated rings. The SMILES string of the molecule is Cc1ccc(C(=O)NCc2cc3nc(-c4cccc(N5CCOC6(CC6)C5)n4)ccc3cn2)cc1S(C)(=O)=O. The van der Waals surface area contributed by atoms with Crippen LogP contribution in [0.5, 0.6) is 0 Å². The molecule has 2 aliphatic rings. The zero-order valence-corrected chi connectivity index (χ0v) is 22.7. The number of sulfone groups is 1. The van der Waals surface area contributed by atoms with Crippen LogP contribution in [0, 0.1) is 6.92 Å². The number of ether oxygens (including phenoxy) is 1. The van der Waals surface area contributed by atoms with Crippen molar-refractivity contribution in [2.45, 2.75) is 36.8 Å². The summed E-state index contributed by atoms with van der Waals surface area (Å²) in [5.41, 5.74) is 3.83. The van der Waals surface area contributed by atoms with E-state index in [1.165, 1.54) is 6.07 Å². The maximum absolute atomic E-state index is 12.7. The number of hydrogen-bond donors (Lipinski definition) is 1. The van der Waals surface area contributed by atoms with Gasteiger partial charge in [0, 0.05) is 36.5 Å². The van der Waals surface area contributed by atoms with Crippen LogP contribution in [0.1, 0.15) is 34.5 Å². The van der Waals surface area contributed by atoms with E-state index >= 15 is 0 Å². The number of nitrogens with one attached hydrogen (secondary N) is 1. The molecule has 1 spiro atoms. The summed E-state index contributed by atoms with van der Waals surface area (Å²) in [4.78, 5) is 29.4. The van der Waals surface area contributed by atoms with Gasteiger partial charge in [-0.25, -0.2) is 18.4 Å². The standard InChI is InChI=1S/C29H29N5O4S/c1-19-6-7-20(14-26(19)39(2,36)37)28(35)31-17-22-15-25-21(16-30-22)8-9-24(32-25)23-4-3-5-27(33-23)34-12-13-38-29(18-34)10-11-29/h3-9,14-16H,10-13,17-18H2,1-2H3,(H,31,35). The molecule has 1 amide bonds. The van der Waals surface area contributed by atoms with Gasteiger partial charge in [-0.05, 0) is 67.8 Å². The number of morpholine rings is 1. The van der Waals surface area contributed by atoms with Crippen LogP contribution in [0.15, 0.2) is 65.7 Å². The van der Waals surface area contributed by atoms with Crippen molar-refractivity contribution in [3.63, 3.8) is 0 Å². The van der Waals surface area contributed by atoms with E-state index in [9.17, 15) is 13.2 Å². The van der Waals surface area contributed by atoms with Crippen molar-refractivity contribution in [2.75, 3.05) is 30.9 Å². The molecule has 3 aromatic heterocycles. The maximum atomic E-state index is 12.7. The van der Waals surface area contributed by atoms with E-state index in [4.69, 9.17) is 14.7 Å². The number of amides is 1. The molecule has 4 heterocycles. The summed E-state index contributed by atoms with van der Waals surface area (Å²) < 4.78 is 30.0. The lowest BCUT2D eigenvalue weighted by atomic mass is 10.1. The number of nitrogens with zero attached hydrogens (tertiary/aromatic N) is 4. The molecule has 1 N–H and O–H groups in total. The van der Waals surface area contributed by atoms with Crippen molar-refractivity contribution >= 4 is 32.5 Å². The molecule has 1 aliphatic heterocycles. The van der Waals surface area contributed by atoms with Crippen LogP contribution < -0.4 is 10.2 Å². The molecule has 39 heavy (non-hydrogen) atoms. The van der Waals surface area contributed by atoms with Gasteiger partial charge in [-0.2, -0.15) is 0 Å². The van der Waals surface area contributed by atoms with Crippen molar-refractivity contribution in [3.8, 4) is 11.4 Å². The van der Waals surface area contributed by atoms with Gasteiger partial charge in [0.1, 0.15) is 5.82 Å². The second kappa shape index (κ2) is 9.69. The quantitative estimate of drug-likeness (QED) is 0.392. The third kappa shape index (κ3) is 5.35. The topological polar surface area (TPSA) is 114 Å². The van der Waals surface area contributed by atoms with Crippen LogP contribution in [-0.4, -0.2) is 60.8 Å². The Bertz CT molecular complexity index is 1700. The molecule has 9 nitrogen and oxygen atoms in total. The van der Waals surface area contributed by atoms with Gasteiger partial charge in [-0.3, -0.25) is 9.78 Å². The average Bonchev–Trinajstić information content (AvgIpc) is 3.68. The molecule has 4 aromatic rings. The highest BCUT2D eigenvalue weighted by Gasteiger charge is 2.47. The van der Waals surface area contributed by atoms with Crippen molar-refractivity contribution < 1.29 is 17.9 Å². The largest absolute Gasteiger partial charge is 0.371 e. The van der Waals surface area contributed by atoms with E-state index in [0.29, 0.717) is 11.3 Å². The monoisotopic (exact) mass is 543 g/mol. The van der Waals surface area contributed by atoms with Crippen molar-refractivity contribution in [2.24, 2.45) is 0 Å². The van der Waals surface area contributed by atoms with Crippen LogP contribution >= 0.6 is 0 Å². The number of anilines is 1. The van der Waals surface area contributed by atoms with Crippen LogP contribution in [-0.2, 0) is 21.1 Å². The molecule has 0 bridgehead atoms. The first-order valence-corrected chi connectivity index (χ1v) is 14.8. The zero-order valence-electron chi connectivity index (χ0n) is 21.8. The molecule has 200 valence electrons. The fourth-order valence-electron chi connectivity index (χ4n) is 4.94. The highest BCUT2D eigenvalue weighted by molar-refractivity contribution is 7.90. The van der Waals surface area contributed by atoms with E-state index in [1.54, 1.807) is 25.3 Å². The molecular formula is C29H29N5O4S. The molecule has 6 rings (SSSR count). The number of rotatable bonds is 6. The van der Waals surface area contributed by atoms with Gasteiger partial charge >= 0.3 is 0 Å². The predicted octanol–water partition coefficient (Wildman–Crippen LogP) is 3.70. The minimum absolute atomic E-state index is 0.0192. The number of fused-ring (bicyclic) bond motifs is 1. The van der Waals surface area contributed by atoms with E-state index in [1.807, 2.05) is 36.4 Å². The molecule has 1 saturated carbocycles. The molecule has 0 atom stereocenters. The van der Waals surface area contributed by atoms with E-state index in [-0.39, 0.29) is 28.5 Å². The number of benzene rings is 1. The summed E-state index contributed by atoms with van der Waals surface area (Å²) >= 11 is 0. The smallest absolute Gasteiger partial charge is 0.251 e. The molecule has 1 aliphatic carbocycles. The number of aromatic nitrogens is 3. The van der Waals surface area contributed by atoms with Crippen molar-refractivity contribution in [1.82, 2.24) is 20.3 Å². The fourth-order valence-corrected chi connectivity index (χ4v) is 5.93. The van der Waals surface area contributed by atoms with Gasteiger partial charge in [0.05, 0.1) is 46.2 Å². The number of carbonyl (C=O) groups excluding carboxylic acids is 1. The molecule has 0 unspecified atom stereocenters. The van der Waals surface area contributed by atoms with Crippen LogP contribution in [0.4, 0.5) is 5.82 Å². The predicted molar refractivity (Wildman–Crippen MR) is 148 cm³/mol. The highest BCUT2D eigenvalue weighted by atomic mass is 32.2. The lowest BCUT2D eigenvalue weighted by molar-refractivity contribution is 0.0204. The van der Waals surface area contributed by atoms with Gasteiger partial charge < -0.3 is 15.0 Å². The van der Waals surface area contributed by atoms with Gasteiger partial charge in [-0.15, -0.1) is 0 Å². The summed E-state index contributed by atoms with van der Waals surface area (Å²) in [5, 5.41) is 3.71. The summed E-state index contributed by atoms with van der Waals surface area (Å²) in [6, 6.07) is 16.4. The van der Waals surface area contributed by atoms with Crippen molar-refractivity contribution in [3.05, 3.63) is 77.6 Å². The fraction of sp³-hybridized carbons (Fsp3) is 0.310. The van der Waals surface area contributed by atoms with E-state index in [2.05, 4.69) is 15.2 Å². The second-order valence-corrected chi connectivity index (χ2v) is 12.3. The Balaban J connectivity index is 1.20. The summed E-state index contributed by atoms with van der Waals surface area (Å²) in [6.45, 7) is 4.29. The first-order valence-electron chi connectivity index (χ1n) is 12.9. The maximum Gasteiger partial charge on any atom is 0.251 e. The third-order valence-electron chi connectivity index (χ3n) is 7.29. The van der Waals surface area contributed by atoms with Crippen LogP contribution in [0.25, 0.3) is 22.3 Å². The molecule has 1 aromatic carbocycles. The van der Waals surface area contributed by atoms with E-state index < -0.39 is 9.84 Å². The molecule has 1 saturated heterocycles. The van der Waals surface area contributed by atoms with Gasteiger partial charge in [-0.1, -0.05) is 12.1 Å². The molecule has 0 radical (unpaired) electrons. The highest BCUT2D eigenvalue weighted by Crippen LogP contribution is 2.42. The Kier molecular flexibility index (Phi) is 6.31. The minimum atomic E-state index is -3.43. The third-order valence-corrected chi connectivity index (χ3v) is 8.53. The molecule has 10 heteroatoms. The lowest BCUT2D eigenvalue weighted by Crippen LogP contribution is -2.44. The number of hydrogen-bond acceptors (Lipinski definition) is 8. The Morgan fingerprint density at radius 3 is 2.69 bits per heavy atom. The number of carbonyl (C=O) groups is 1. The summed E-state index contributed by atoms with van der Waals surface area (Å²) in [7, 11) is -3.43. The zero-order chi connectivity index (χ0) is 27.2. The van der Waals surface area contributed by atoms with Crippen LogP contribution in [0.2, 0.25) is 0 Å². The normalized spacial score (nSPS) is 16.4. The number of pyridine rings is 3. The van der Waals surface area contributed by atoms with Gasteiger partial charge in [0.25, 0.3) is 5.91 Å². The Morgan fingerprint density at radius 1 is 1.08 bits per heavy atom. The Labute approximate surface area is 227 Å². The van der Waals surface area contributed by atoms with Gasteiger partial charge in [0.2, 0.25) is 0 Å². The van der Waals surface area contributed by atoms with Gasteiger partial charge in [0.15, 0.2) is 9.84 Å². The lowest BCUT2D eigenvalue weighted by Gasteiger charge is -2.34. The average molecular weight is 544 g/mol. The number of aryl methyl sites for hydroxylation is 1. The molecular weight excluding hydrogens is 514 g/mol. The Morgan fingerprint density at radius 2 is 1.90 bits per heavy atom. The van der Waals surface area contributed by atoms with Crippen LogP contribution in [0.3, 0.4) is 0 Å². The first-order chi connectivity index (χ1) is 18.7. The van der Waals surface area contributed by atoms with Crippen molar-refractivity contribution in [1.29, 1.82) is 0 Å². The Hall–Kier alpha value is -3.89. The first kappa shape index (κ1) is 25.4. The van der Waals surface area contributed by atoms with E-state index in [0.717, 1.165) is 66.9 Å².